The molecule has 0 fully saturated rings. The molecule has 1 aromatic rings. The van der Waals surface area contributed by atoms with Crippen molar-refractivity contribution in [2.24, 2.45) is 0 Å². The van der Waals surface area contributed by atoms with Gasteiger partial charge >= 0.3 is 12.3 Å². The van der Waals surface area contributed by atoms with Crippen molar-refractivity contribution in [1.29, 1.82) is 0 Å². The lowest BCUT2D eigenvalue weighted by Crippen LogP contribution is -2.36. The zero-order valence-electron chi connectivity index (χ0n) is 12.0. The van der Waals surface area contributed by atoms with Crippen molar-refractivity contribution in [3.8, 4) is 0 Å². The Hall–Kier alpha value is -1.76. The van der Waals surface area contributed by atoms with Crippen molar-refractivity contribution in [2.75, 3.05) is 6.61 Å². The van der Waals surface area contributed by atoms with Crippen molar-refractivity contribution in [3.63, 3.8) is 0 Å². The number of nitrogens with one attached hydrogen (secondary N) is 1. The van der Waals surface area contributed by atoms with Gasteiger partial charge in [-0.2, -0.15) is 13.2 Å². The molecule has 118 valence electrons. The lowest BCUT2D eigenvalue weighted by atomic mass is 10.1. The smallest absolute Gasteiger partial charge is 0.416 e. The van der Waals surface area contributed by atoms with Crippen LogP contribution in [0.25, 0.3) is 0 Å². The first-order valence-electron chi connectivity index (χ1n) is 6.30. The van der Waals surface area contributed by atoms with E-state index in [1.54, 1.807) is 20.8 Å². The zero-order valence-corrected chi connectivity index (χ0v) is 12.0. The largest absolute Gasteiger partial charge is 0.444 e. The molecule has 0 aromatic heterocycles. The summed E-state index contributed by atoms with van der Waals surface area (Å²) in [6.45, 7) is 4.58. The van der Waals surface area contributed by atoms with Gasteiger partial charge in [0.2, 0.25) is 0 Å². The normalized spacial score (nSPS) is 13.7. The van der Waals surface area contributed by atoms with Crippen LogP contribution in [0.4, 0.5) is 18.0 Å². The van der Waals surface area contributed by atoms with Crippen LogP contribution in [0.5, 0.6) is 0 Å². The van der Waals surface area contributed by atoms with E-state index in [-0.39, 0.29) is 0 Å². The molecule has 0 bridgehead atoms. The topological polar surface area (TPSA) is 58.6 Å². The number of carbonyl (C=O) groups excluding carboxylic acids is 1. The van der Waals surface area contributed by atoms with E-state index in [0.29, 0.717) is 5.56 Å². The molecule has 0 aliphatic heterocycles. The van der Waals surface area contributed by atoms with E-state index in [1.807, 2.05) is 0 Å². The number of ether oxygens (including phenoxy) is 1. The molecule has 0 heterocycles. The predicted molar refractivity (Wildman–Crippen MR) is 70.6 cm³/mol. The molecule has 1 aromatic carbocycles. The number of rotatable bonds is 3. The average Bonchev–Trinajstić information content (AvgIpc) is 2.33. The van der Waals surface area contributed by atoms with Gasteiger partial charge in [0.05, 0.1) is 18.2 Å². The van der Waals surface area contributed by atoms with E-state index in [0.717, 1.165) is 12.1 Å². The Kier molecular flexibility index (Phi) is 5.22. The highest BCUT2D eigenvalue weighted by molar-refractivity contribution is 5.68. The third kappa shape index (κ3) is 5.63. The van der Waals surface area contributed by atoms with Crippen LogP contribution in [0.1, 0.15) is 37.9 Å². The van der Waals surface area contributed by atoms with Crippen LogP contribution in [0.3, 0.4) is 0 Å². The average molecular weight is 305 g/mol. The second-order valence-electron chi connectivity index (χ2n) is 5.50. The first kappa shape index (κ1) is 17.3. The minimum absolute atomic E-state index is 0.358. The molecule has 0 aliphatic rings. The number of carbonyl (C=O) groups is 1. The highest BCUT2D eigenvalue weighted by Gasteiger charge is 2.30. The van der Waals surface area contributed by atoms with E-state index in [9.17, 15) is 23.1 Å². The molecule has 7 heteroatoms. The number of halogens is 3. The van der Waals surface area contributed by atoms with Crippen LogP contribution in [-0.4, -0.2) is 23.4 Å². The van der Waals surface area contributed by atoms with Crippen molar-refractivity contribution >= 4 is 6.09 Å². The minimum Gasteiger partial charge on any atom is -0.444 e. The van der Waals surface area contributed by atoms with Gasteiger partial charge in [0, 0.05) is 0 Å². The summed E-state index contributed by atoms with van der Waals surface area (Å²) in [5.74, 6) is 0. The van der Waals surface area contributed by atoms with E-state index in [4.69, 9.17) is 4.74 Å². The van der Waals surface area contributed by atoms with E-state index in [2.05, 4.69) is 5.32 Å². The first-order valence-corrected chi connectivity index (χ1v) is 6.30. The fourth-order valence-electron chi connectivity index (χ4n) is 1.59. The Morgan fingerprint density at radius 3 is 2.14 bits per heavy atom. The highest BCUT2D eigenvalue weighted by atomic mass is 19.4. The Bertz CT molecular complexity index is 478. The SMILES string of the molecule is CC(C)(C)OC(=O)N[C@@H](CO)c1ccc(C(F)(F)F)cc1. The van der Waals surface area contributed by atoms with Crippen LogP contribution in [0.2, 0.25) is 0 Å². The molecule has 4 nitrogen and oxygen atoms in total. The summed E-state index contributed by atoms with van der Waals surface area (Å²) in [7, 11) is 0. The molecule has 0 unspecified atom stereocenters. The van der Waals surface area contributed by atoms with Crippen molar-refractivity contribution in [2.45, 2.75) is 38.6 Å². The molecule has 0 spiro atoms. The number of benzene rings is 1. The van der Waals surface area contributed by atoms with Gasteiger partial charge in [0.25, 0.3) is 0 Å². The van der Waals surface area contributed by atoms with Gasteiger partial charge in [-0.25, -0.2) is 4.79 Å². The number of alkyl carbamates (subject to hydrolysis) is 1. The Morgan fingerprint density at radius 2 is 1.76 bits per heavy atom. The van der Waals surface area contributed by atoms with Crippen molar-refractivity contribution in [1.82, 2.24) is 5.32 Å². The number of amides is 1. The molecule has 0 radical (unpaired) electrons. The lowest BCUT2D eigenvalue weighted by molar-refractivity contribution is -0.137. The van der Waals surface area contributed by atoms with Crippen LogP contribution in [-0.2, 0) is 10.9 Å². The van der Waals surface area contributed by atoms with Gasteiger partial charge in [-0.05, 0) is 38.5 Å². The van der Waals surface area contributed by atoms with Crippen molar-refractivity contribution < 1.29 is 27.8 Å². The molecule has 1 atom stereocenters. The van der Waals surface area contributed by atoms with Crippen molar-refractivity contribution in [3.05, 3.63) is 35.4 Å². The van der Waals surface area contributed by atoms with Gasteiger partial charge in [-0.15, -0.1) is 0 Å². The first-order chi connectivity index (χ1) is 9.53. The van der Waals surface area contributed by atoms with Crippen LogP contribution >= 0.6 is 0 Å². The molecular formula is C14H18F3NO3. The molecule has 21 heavy (non-hydrogen) atoms. The summed E-state index contributed by atoms with van der Waals surface area (Å²) in [4.78, 5) is 11.6. The van der Waals surface area contributed by atoms with Crippen LogP contribution in [0, 0.1) is 0 Å². The third-order valence-corrected chi connectivity index (χ3v) is 2.51. The molecule has 0 aliphatic carbocycles. The number of aliphatic hydroxyl groups excluding tert-OH is 1. The Morgan fingerprint density at radius 1 is 1.24 bits per heavy atom. The van der Waals surface area contributed by atoms with E-state index >= 15 is 0 Å². The van der Waals surface area contributed by atoms with Gasteiger partial charge in [-0.1, -0.05) is 12.1 Å². The van der Waals surface area contributed by atoms with E-state index < -0.39 is 36.1 Å². The third-order valence-electron chi connectivity index (χ3n) is 2.51. The summed E-state index contributed by atoms with van der Waals surface area (Å²) in [5, 5.41) is 11.7. The summed E-state index contributed by atoms with van der Waals surface area (Å²) in [6, 6.07) is 3.38. The van der Waals surface area contributed by atoms with Gasteiger partial charge in [0.15, 0.2) is 0 Å². The summed E-state index contributed by atoms with van der Waals surface area (Å²) in [6.07, 6.45) is -5.17. The highest BCUT2D eigenvalue weighted by Crippen LogP contribution is 2.29. The summed E-state index contributed by atoms with van der Waals surface area (Å²) >= 11 is 0. The molecule has 0 saturated carbocycles. The molecular weight excluding hydrogens is 287 g/mol. The number of hydrogen-bond acceptors (Lipinski definition) is 3. The zero-order chi connectivity index (χ0) is 16.3. The van der Waals surface area contributed by atoms with Crippen LogP contribution in [0.15, 0.2) is 24.3 Å². The second kappa shape index (κ2) is 6.34. The van der Waals surface area contributed by atoms with Gasteiger partial charge in [-0.3, -0.25) is 0 Å². The predicted octanol–water partition coefficient (Wildman–Crippen LogP) is 3.26. The molecule has 1 rings (SSSR count). The summed E-state index contributed by atoms with van der Waals surface area (Å²) in [5.41, 5.74) is -1.14. The Labute approximate surface area is 120 Å². The van der Waals surface area contributed by atoms with E-state index in [1.165, 1.54) is 12.1 Å². The van der Waals surface area contributed by atoms with Gasteiger partial charge < -0.3 is 15.2 Å². The second-order valence-corrected chi connectivity index (χ2v) is 5.50. The number of alkyl halides is 3. The van der Waals surface area contributed by atoms with Gasteiger partial charge in [0.1, 0.15) is 5.60 Å². The maximum absolute atomic E-state index is 12.5. The minimum atomic E-state index is -4.42. The quantitative estimate of drug-likeness (QED) is 0.901. The fourth-order valence-corrected chi connectivity index (χ4v) is 1.59. The monoisotopic (exact) mass is 305 g/mol. The maximum atomic E-state index is 12.5. The maximum Gasteiger partial charge on any atom is 0.416 e. The number of hydrogen-bond donors (Lipinski definition) is 2. The molecule has 1 amide bonds. The summed E-state index contributed by atoms with van der Waals surface area (Å²) < 4.78 is 42.4. The van der Waals surface area contributed by atoms with Crippen LogP contribution < -0.4 is 5.32 Å². The molecule has 2 N–H and O–H groups in total. The fraction of sp³-hybridized carbons (Fsp3) is 0.500. The Balaban J connectivity index is 2.79. The standard InChI is InChI=1S/C14H18F3NO3/c1-13(2,3)21-12(20)18-11(8-19)9-4-6-10(7-5-9)14(15,16)17/h4-7,11,19H,8H2,1-3H3,(H,18,20)/t11-/m0/s1. The number of aliphatic hydroxyl groups is 1. The molecule has 0 saturated heterocycles. The lowest BCUT2D eigenvalue weighted by Gasteiger charge is -2.23.